The Morgan fingerprint density at radius 3 is 2.14 bits per heavy atom. The molecule has 0 amide bonds. The van der Waals surface area contributed by atoms with Gasteiger partial charge >= 0.3 is 23.7 Å². The van der Waals surface area contributed by atoms with E-state index in [1.54, 1.807) is 54.6 Å². The molecular formula is C37H46O7. The van der Waals surface area contributed by atoms with Gasteiger partial charge in [-0.05, 0) is 88.0 Å². The molecular weight excluding hydrogens is 556 g/mol. The molecule has 0 aliphatic heterocycles. The largest absolute Gasteiger partial charge is 0.464 e. The Morgan fingerprint density at radius 2 is 1.52 bits per heavy atom. The van der Waals surface area contributed by atoms with Crippen molar-refractivity contribution < 1.29 is 33.7 Å². The SMILES string of the molecule is COC(=O)C(O)(OC(=O)c1ccccc1)C(CC=CC[C@H]1CCC[C@@H]1C=CCC(C)CC=C(C)C)OC(=O)c1ccccc1. The molecule has 3 unspecified atom stereocenters. The molecule has 7 nitrogen and oxygen atoms in total. The van der Waals surface area contributed by atoms with Crippen molar-refractivity contribution in [3.63, 3.8) is 0 Å². The highest BCUT2D eigenvalue weighted by Gasteiger charge is 2.52. The van der Waals surface area contributed by atoms with Gasteiger partial charge in [0.2, 0.25) is 0 Å². The third kappa shape index (κ3) is 10.3. The van der Waals surface area contributed by atoms with E-state index >= 15 is 0 Å². The lowest BCUT2D eigenvalue weighted by Gasteiger charge is -2.31. The second kappa shape index (κ2) is 17.4. The van der Waals surface area contributed by atoms with Crippen molar-refractivity contribution in [3.8, 4) is 0 Å². The van der Waals surface area contributed by atoms with Crippen molar-refractivity contribution in [2.45, 2.75) is 77.6 Å². The van der Waals surface area contributed by atoms with Crippen LogP contribution in [0, 0.1) is 17.8 Å². The van der Waals surface area contributed by atoms with E-state index in [0.29, 0.717) is 17.8 Å². The van der Waals surface area contributed by atoms with E-state index in [1.807, 2.05) is 6.08 Å². The lowest BCUT2D eigenvalue weighted by Crippen LogP contribution is -2.55. The van der Waals surface area contributed by atoms with Crippen molar-refractivity contribution >= 4 is 17.9 Å². The second-order valence-electron chi connectivity index (χ2n) is 11.8. The Bertz CT molecular complexity index is 1290. The van der Waals surface area contributed by atoms with Gasteiger partial charge in [0.15, 0.2) is 6.10 Å². The zero-order valence-electron chi connectivity index (χ0n) is 26.3. The van der Waals surface area contributed by atoms with E-state index in [2.05, 4.69) is 39.0 Å². The normalized spacial score (nSPS) is 19.2. The minimum Gasteiger partial charge on any atom is -0.464 e. The molecule has 0 bridgehead atoms. The molecule has 5 atom stereocenters. The predicted octanol–water partition coefficient (Wildman–Crippen LogP) is 7.62. The fraction of sp³-hybridized carbons (Fsp3) is 0.432. The summed E-state index contributed by atoms with van der Waals surface area (Å²) in [6.07, 6.45) is 15.4. The topological polar surface area (TPSA) is 99.1 Å². The first kappa shape index (κ1) is 34.5. The minimum absolute atomic E-state index is 0.0820. The number of rotatable bonds is 15. The molecule has 2 aromatic carbocycles. The predicted molar refractivity (Wildman–Crippen MR) is 171 cm³/mol. The molecule has 7 heteroatoms. The zero-order chi connectivity index (χ0) is 32.0. The molecule has 0 aromatic heterocycles. The number of carbonyl (C=O) groups is 3. The average Bonchev–Trinajstić information content (AvgIpc) is 3.48. The summed E-state index contributed by atoms with van der Waals surface area (Å²) in [7, 11) is 1.06. The summed E-state index contributed by atoms with van der Waals surface area (Å²) in [5, 5.41) is 11.5. The van der Waals surface area contributed by atoms with E-state index in [-0.39, 0.29) is 17.5 Å². The maximum absolute atomic E-state index is 13.0. The third-order valence-electron chi connectivity index (χ3n) is 7.95. The summed E-state index contributed by atoms with van der Waals surface area (Å²) >= 11 is 0. The van der Waals surface area contributed by atoms with Crippen LogP contribution >= 0.6 is 0 Å². The van der Waals surface area contributed by atoms with Crippen LogP contribution < -0.4 is 0 Å². The van der Waals surface area contributed by atoms with E-state index in [1.165, 1.54) is 17.7 Å². The maximum Gasteiger partial charge on any atom is 0.383 e. The number of esters is 3. The molecule has 1 N–H and O–H groups in total. The van der Waals surface area contributed by atoms with Crippen molar-refractivity contribution in [2.75, 3.05) is 7.11 Å². The van der Waals surface area contributed by atoms with Crippen LogP contribution in [0.3, 0.4) is 0 Å². The van der Waals surface area contributed by atoms with Crippen LogP contribution in [0.2, 0.25) is 0 Å². The van der Waals surface area contributed by atoms with Crippen LogP contribution in [0.4, 0.5) is 0 Å². The van der Waals surface area contributed by atoms with Gasteiger partial charge in [-0.3, -0.25) is 0 Å². The molecule has 1 fully saturated rings. The quantitative estimate of drug-likeness (QED) is 0.0969. The molecule has 236 valence electrons. The minimum atomic E-state index is -2.88. The fourth-order valence-corrected chi connectivity index (χ4v) is 5.34. The van der Waals surface area contributed by atoms with Gasteiger partial charge in [0, 0.05) is 6.42 Å². The Kier molecular flexibility index (Phi) is 13.6. The maximum atomic E-state index is 13.0. The molecule has 2 aromatic rings. The van der Waals surface area contributed by atoms with Crippen LogP contribution in [-0.2, 0) is 19.0 Å². The third-order valence-corrected chi connectivity index (χ3v) is 7.95. The highest BCUT2D eigenvalue weighted by atomic mass is 16.7. The number of allylic oxidation sites excluding steroid dienone is 5. The number of carbonyl (C=O) groups excluding carboxylic acids is 3. The smallest absolute Gasteiger partial charge is 0.383 e. The van der Waals surface area contributed by atoms with Gasteiger partial charge in [0.1, 0.15) is 0 Å². The first-order valence-electron chi connectivity index (χ1n) is 15.4. The number of methoxy groups -OCH3 is 1. The van der Waals surface area contributed by atoms with Gasteiger partial charge in [0.05, 0.1) is 18.2 Å². The van der Waals surface area contributed by atoms with E-state index in [9.17, 15) is 19.5 Å². The van der Waals surface area contributed by atoms with E-state index < -0.39 is 29.8 Å². The van der Waals surface area contributed by atoms with Gasteiger partial charge in [0.25, 0.3) is 0 Å². The molecule has 0 radical (unpaired) electrons. The van der Waals surface area contributed by atoms with Gasteiger partial charge in [-0.15, -0.1) is 0 Å². The summed E-state index contributed by atoms with van der Waals surface area (Å²) in [5.74, 6) is -4.31. The molecule has 0 spiro atoms. The first-order valence-corrected chi connectivity index (χ1v) is 15.4. The zero-order valence-corrected chi connectivity index (χ0v) is 26.3. The standard InChI is InChI=1S/C37H46O7/c1-27(2)25-26-28(3)15-13-21-30-23-14-22-29(30)16-11-12-24-33(43-34(38)31-17-7-5-8-18-31)37(41,36(40)42-4)44-35(39)32-19-9-6-10-20-32/h5-13,17-21,25,28-30,33,41H,14-16,22-24,26H2,1-4H3/t28?,29-,30-,33?,37?/m0/s1. The van der Waals surface area contributed by atoms with Gasteiger partial charge in [-0.2, -0.15) is 0 Å². The Labute approximate surface area is 261 Å². The van der Waals surface area contributed by atoms with Crippen molar-refractivity contribution in [1.29, 1.82) is 0 Å². The highest BCUT2D eigenvalue weighted by molar-refractivity contribution is 5.93. The van der Waals surface area contributed by atoms with Crippen molar-refractivity contribution in [1.82, 2.24) is 0 Å². The van der Waals surface area contributed by atoms with Crippen molar-refractivity contribution in [3.05, 3.63) is 108 Å². The van der Waals surface area contributed by atoms with E-state index in [0.717, 1.165) is 45.6 Å². The summed E-state index contributed by atoms with van der Waals surface area (Å²) in [6, 6.07) is 16.1. The van der Waals surface area contributed by atoms with Gasteiger partial charge in [-0.25, -0.2) is 14.4 Å². The molecule has 1 aliphatic carbocycles. The monoisotopic (exact) mass is 602 g/mol. The molecule has 0 saturated heterocycles. The Morgan fingerprint density at radius 1 is 0.886 bits per heavy atom. The van der Waals surface area contributed by atoms with Gasteiger partial charge < -0.3 is 19.3 Å². The molecule has 1 aliphatic rings. The molecule has 3 rings (SSSR count). The van der Waals surface area contributed by atoms with Gasteiger partial charge in [-0.1, -0.05) is 85.7 Å². The number of hydrogen-bond acceptors (Lipinski definition) is 7. The molecule has 44 heavy (non-hydrogen) atoms. The van der Waals surface area contributed by atoms with Crippen LogP contribution in [0.15, 0.2) is 96.6 Å². The molecule has 1 saturated carbocycles. The first-order chi connectivity index (χ1) is 21.1. The number of ether oxygens (including phenoxy) is 3. The Hall–Kier alpha value is -3.97. The number of hydrogen-bond donors (Lipinski definition) is 1. The second-order valence-corrected chi connectivity index (χ2v) is 11.8. The number of benzene rings is 2. The Balaban J connectivity index is 1.73. The van der Waals surface area contributed by atoms with Crippen LogP contribution in [-0.4, -0.2) is 42.0 Å². The van der Waals surface area contributed by atoms with Crippen LogP contribution in [0.1, 0.15) is 86.4 Å². The summed E-state index contributed by atoms with van der Waals surface area (Å²) in [4.78, 5) is 38.8. The van der Waals surface area contributed by atoms with Crippen LogP contribution in [0.25, 0.3) is 0 Å². The average molecular weight is 603 g/mol. The van der Waals surface area contributed by atoms with Crippen LogP contribution in [0.5, 0.6) is 0 Å². The van der Waals surface area contributed by atoms with Crippen molar-refractivity contribution in [2.24, 2.45) is 17.8 Å². The summed E-state index contributed by atoms with van der Waals surface area (Å²) < 4.78 is 15.8. The molecule has 0 heterocycles. The lowest BCUT2D eigenvalue weighted by molar-refractivity contribution is -0.237. The lowest BCUT2D eigenvalue weighted by atomic mass is 9.91. The number of aliphatic hydroxyl groups is 1. The summed E-state index contributed by atoms with van der Waals surface area (Å²) in [6.45, 7) is 6.52. The fourth-order valence-electron chi connectivity index (χ4n) is 5.34. The van der Waals surface area contributed by atoms with E-state index in [4.69, 9.17) is 14.2 Å². The summed E-state index contributed by atoms with van der Waals surface area (Å²) in [5.41, 5.74) is 1.68. The highest BCUT2D eigenvalue weighted by Crippen LogP contribution is 2.36.